The van der Waals surface area contributed by atoms with E-state index < -0.39 is 5.60 Å². The molecule has 1 aromatic heterocycles. The molecule has 0 fully saturated rings. The van der Waals surface area contributed by atoms with Gasteiger partial charge in [0.05, 0.1) is 23.7 Å². The van der Waals surface area contributed by atoms with E-state index in [0.717, 1.165) is 5.82 Å². The van der Waals surface area contributed by atoms with Crippen molar-refractivity contribution in [3.05, 3.63) is 18.2 Å². The summed E-state index contributed by atoms with van der Waals surface area (Å²) in [4.78, 5) is 20.2. The van der Waals surface area contributed by atoms with E-state index in [9.17, 15) is 9.90 Å². The van der Waals surface area contributed by atoms with Crippen molar-refractivity contribution in [2.24, 2.45) is 5.92 Å². The molecular weight excluding hydrogens is 268 g/mol. The maximum Gasteiger partial charge on any atom is 0.319 e. The molecule has 1 heterocycles. The fourth-order valence-corrected chi connectivity index (χ4v) is 1.42. The fourth-order valence-electron chi connectivity index (χ4n) is 1.42. The highest BCUT2D eigenvalue weighted by Crippen LogP contribution is 2.18. The summed E-state index contributed by atoms with van der Waals surface area (Å²) in [5.41, 5.74) is -0.551. The number of aromatic nitrogens is 2. The topological polar surface area (TPSA) is 87.1 Å². The van der Waals surface area contributed by atoms with Crippen LogP contribution in [0.25, 0.3) is 0 Å². The van der Waals surface area contributed by atoms with Gasteiger partial charge in [-0.2, -0.15) is 0 Å². The molecular formula is C15H26N4O2. The highest BCUT2D eigenvalue weighted by atomic mass is 16.3. The summed E-state index contributed by atoms with van der Waals surface area (Å²) < 4.78 is 0. The van der Waals surface area contributed by atoms with Crippen LogP contribution in [0.4, 0.5) is 10.5 Å². The first-order valence-corrected chi connectivity index (χ1v) is 7.12. The smallest absolute Gasteiger partial charge is 0.319 e. The maximum absolute atomic E-state index is 11.8. The second kappa shape index (κ2) is 6.39. The van der Waals surface area contributed by atoms with E-state index >= 15 is 0 Å². The van der Waals surface area contributed by atoms with Crippen LogP contribution in [0.5, 0.6) is 0 Å². The van der Waals surface area contributed by atoms with Crippen LogP contribution < -0.4 is 10.6 Å². The van der Waals surface area contributed by atoms with Crippen LogP contribution in [-0.2, 0) is 5.41 Å². The van der Waals surface area contributed by atoms with Crippen molar-refractivity contribution in [1.82, 2.24) is 15.3 Å². The number of urea groups is 1. The van der Waals surface area contributed by atoms with Crippen molar-refractivity contribution in [2.45, 2.75) is 52.6 Å². The van der Waals surface area contributed by atoms with Gasteiger partial charge in [-0.25, -0.2) is 14.8 Å². The van der Waals surface area contributed by atoms with Crippen LogP contribution in [0.1, 0.15) is 47.4 Å². The van der Waals surface area contributed by atoms with Gasteiger partial charge >= 0.3 is 6.03 Å². The summed E-state index contributed by atoms with van der Waals surface area (Å²) in [5, 5.41) is 15.4. The Bertz CT molecular complexity index is 475. The van der Waals surface area contributed by atoms with Gasteiger partial charge in [-0.1, -0.05) is 34.6 Å². The fraction of sp³-hybridized carbons (Fsp3) is 0.667. The Labute approximate surface area is 126 Å². The molecule has 0 aliphatic carbocycles. The van der Waals surface area contributed by atoms with Gasteiger partial charge in [0.1, 0.15) is 5.82 Å². The van der Waals surface area contributed by atoms with Crippen LogP contribution in [0, 0.1) is 5.92 Å². The molecule has 21 heavy (non-hydrogen) atoms. The minimum Gasteiger partial charge on any atom is -0.388 e. The lowest BCUT2D eigenvalue weighted by Crippen LogP contribution is -2.45. The molecule has 2 amide bonds. The van der Waals surface area contributed by atoms with Gasteiger partial charge in [0.25, 0.3) is 0 Å². The van der Waals surface area contributed by atoms with Gasteiger partial charge < -0.3 is 15.7 Å². The molecule has 0 saturated heterocycles. The first-order chi connectivity index (χ1) is 9.52. The molecule has 0 saturated carbocycles. The largest absolute Gasteiger partial charge is 0.388 e. The van der Waals surface area contributed by atoms with E-state index in [1.165, 1.54) is 0 Å². The van der Waals surface area contributed by atoms with E-state index in [4.69, 9.17) is 0 Å². The maximum atomic E-state index is 11.8. The summed E-state index contributed by atoms with van der Waals surface area (Å²) in [6.45, 7) is 11.7. The molecule has 3 N–H and O–H groups in total. The SMILES string of the molecule is CC(C)C(C)(O)CNC(=O)Nc1cnc(C(C)(C)C)nc1. The number of hydrogen-bond donors (Lipinski definition) is 3. The monoisotopic (exact) mass is 294 g/mol. The Morgan fingerprint density at radius 3 is 2.19 bits per heavy atom. The Hall–Kier alpha value is -1.69. The van der Waals surface area contributed by atoms with Crippen molar-refractivity contribution in [1.29, 1.82) is 0 Å². The lowest BCUT2D eigenvalue weighted by molar-refractivity contribution is 0.0170. The molecule has 0 radical (unpaired) electrons. The normalized spacial score (nSPS) is 14.7. The number of carbonyl (C=O) groups is 1. The number of nitrogens with one attached hydrogen (secondary N) is 2. The standard InChI is InChI=1S/C15H26N4O2/c1-10(2)15(6,21)9-18-13(20)19-11-7-16-12(17-8-11)14(3,4)5/h7-8,10,21H,9H2,1-6H3,(H2,18,19,20). The Kier molecular flexibility index (Phi) is 5.28. The molecule has 6 nitrogen and oxygen atoms in total. The lowest BCUT2D eigenvalue weighted by atomic mass is 9.93. The quantitative estimate of drug-likeness (QED) is 0.795. The van der Waals surface area contributed by atoms with Gasteiger partial charge in [-0.05, 0) is 12.8 Å². The summed E-state index contributed by atoms with van der Waals surface area (Å²) in [6.07, 6.45) is 3.15. The van der Waals surface area contributed by atoms with Crippen LogP contribution in [0.3, 0.4) is 0 Å². The van der Waals surface area contributed by atoms with Crippen molar-refractivity contribution < 1.29 is 9.90 Å². The highest BCUT2D eigenvalue weighted by molar-refractivity contribution is 5.88. The van der Waals surface area contributed by atoms with E-state index in [2.05, 4.69) is 20.6 Å². The van der Waals surface area contributed by atoms with Gasteiger partial charge in [0.15, 0.2) is 0 Å². The second-order valence-electron chi connectivity index (χ2n) is 6.86. The van der Waals surface area contributed by atoms with Gasteiger partial charge in [-0.15, -0.1) is 0 Å². The predicted molar refractivity (Wildman–Crippen MR) is 83.2 cm³/mol. The van der Waals surface area contributed by atoms with Crippen LogP contribution in [0.2, 0.25) is 0 Å². The van der Waals surface area contributed by atoms with Crippen LogP contribution >= 0.6 is 0 Å². The minimum atomic E-state index is -0.941. The summed E-state index contributed by atoms with van der Waals surface area (Å²) >= 11 is 0. The lowest BCUT2D eigenvalue weighted by Gasteiger charge is -2.27. The summed E-state index contributed by atoms with van der Waals surface area (Å²) in [7, 11) is 0. The van der Waals surface area contributed by atoms with Crippen molar-refractivity contribution in [2.75, 3.05) is 11.9 Å². The number of nitrogens with zero attached hydrogens (tertiary/aromatic N) is 2. The third kappa shape index (κ3) is 5.30. The zero-order valence-electron chi connectivity index (χ0n) is 13.7. The number of hydrogen-bond acceptors (Lipinski definition) is 4. The molecule has 6 heteroatoms. The zero-order chi connectivity index (χ0) is 16.3. The molecule has 0 spiro atoms. The van der Waals surface area contributed by atoms with E-state index in [1.807, 2.05) is 34.6 Å². The predicted octanol–water partition coefficient (Wildman–Crippen LogP) is 2.30. The van der Waals surface area contributed by atoms with Crippen LogP contribution in [0.15, 0.2) is 12.4 Å². The highest BCUT2D eigenvalue weighted by Gasteiger charge is 2.25. The van der Waals surface area contributed by atoms with Gasteiger partial charge in [-0.3, -0.25) is 0 Å². The molecule has 1 aromatic rings. The number of aliphatic hydroxyl groups is 1. The van der Waals surface area contributed by atoms with Crippen LogP contribution in [-0.4, -0.2) is 33.3 Å². The molecule has 0 aromatic carbocycles. The van der Waals surface area contributed by atoms with Crippen molar-refractivity contribution >= 4 is 11.7 Å². The Morgan fingerprint density at radius 2 is 1.76 bits per heavy atom. The third-order valence-corrected chi connectivity index (χ3v) is 3.43. The van der Waals surface area contributed by atoms with Crippen molar-refractivity contribution in [3.63, 3.8) is 0 Å². The molecule has 1 rings (SSSR count). The zero-order valence-corrected chi connectivity index (χ0v) is 13.7. The van der Waals surface area contributed by atoms with E-state index in [1.54, 1.807) is 19.3 Å². The first kappa shape index (κ1) is 17.4. The van der Waals surface area contributed by atoms with Gasteiger partial charge in [0, 0.05) is 12.0 Å². The number of carbonyl (C=O) groups excluding carboxylic acids is 1. The third-order valence-electron chi connectivity index (χ3n) is 3.43. The number of anilines is 1. The molecule has 118 valence electrons. The molecule has 0 bridgehead atoms. The molecule has 1 atom stereocenters. The molecule has 1 unspecified atom stereocenters. The van der Waals surface area contributed by atoms with E-state index in [0.29, 0.717) is 5.69 Å². The second-order valence-corrected chi connectivity index (χ2v) is 6.86. The van der Waals surface area contributed by atoms with Crippen molar-refractivity contribution in [3.8, 4) is 0 Å². The average molecular weight is 294 g/mol. The first-order valence-electron chi connectivity index (χ1n) is 7.12. The number of rotatable bonds is 4. The summed E-state index contributed by atoms with van der Waals surface area (Å²) in [5.74, 6) is 0.767. The Morgan fingerprint density at radius 1 is 1.24 bits per heavy atom. The average Bonchev–Trinajstić information content (AvgIpc) is 2.36. The number of amides is 2. The Balaban J connectivity index is 2.56. The van der Waals surface area contributed by atoms with Gasteiger partial charge in [0.2, 0.25) is 0 Å². The minimum absolute atomic E-state index is 0.0483. The molecule has 0 aliphatic rings. The molecule has 0 aliphatic heterocycles. The van der Waals surface area contributed by atoms with E-state index in [-0.39, 0.29) is 23.9 Å². The summed E-state index contributed by atoms with van der Waals surface area (Å²) in [6, 6.07) is -0.386.